The first kappa shape index (κ1) is 8.20. The Morgan fingerprint density at radius 2 is 2.27 bits per heavy atom. The third-order valence-electron chi connectivity index (χ3n) is 1.99. The molecule has 1 heterocycles. The largest absolute Gasteiger partial charge is 0.480 e. The monoisotopic (exact) mass is 159 g/mol. The van der Waals surface area contributed by atoms with Crippen molar-refractivity contribution >= 4 is 0 Å². The van der Waals surface area contributed by atoms with Gasteiger partial charge in [0.15, 0.2) is 0 Å². The van der Waals surface area contributed by atoms with Gasteiger partial charge in [0.1, 0.15) is 0 Å². The Labute approximate surface area is 65.4 Å². The maximum Gasteiger partial charge on any atom is 0.294 e. The van der Waals surface area contributed by atoms with Crippen LogP contribution in [0, 0.1) is 5.92 Å². The lowest BCUT2D eigenvalue weighted by Crippen LogP contribution is -2.15. The maximum atomic E-state index is 8.77. The third kappa shape index (κ3) is 1.57. The maximum absolute atomic E-state index is 8.77. The molecule has 1 fully saturated rings. The Bertz CT molecular complexity index is 175. The van der Waals surface area contributed by atoms with Crippen molar-refractivity contribution in [3.8, 4) is 0 Å². The molecule has 11 heavy (non-hydrogen) atoms. The molecule has 1 rings (SSSR count). The number of aliphatic hydroxyl groups excluding tert-OH is 2. The van der Waals surface area contributed by atoms with Crippen molar-refractivity contribution in [1.29, 1.82) is 0 Å². The SMILES string of the molecule is CN1C[C@@H](CO)CC1=C(O)O. The Kier molecular flexibility index (Phi) is 2.24. The molecule has 0 spiro atoms. The molecule has 0 bridgehead atoms. The summed E-state index contributed by atoms with van der Waals surface area (Å²) in [5.74, 6) is -0.479. The van der Waals surface area contributed by atoms with Gasteiger partial charge in [0.25, 0.3) is 5.95 Å². The van der Waals surface area contributed by atoms with Crippen LogP contribution in [0.25, 0.3) is 0 Å². The standard InChI is InChI=1S/C7H13NO3/c1-8-3-5(4-9)2-6(8)7(10)11/h5,9-11H,2-4H2,1H3/t5-/m0/s1. The summed E-state index contributed by atoms with van der Waals surface area (Å²) in [7, 11) is 1.78. The highest BCUT2D eigenvalue weighted by molar-refractivity contribution is 5.06. The quantitative estimate of drug-likeness (QED) is 0.479. The fourth-order valence-electron chi connectivity index (χ4n) is 1.38. The van der Waals surface area contributed by atoms with Crippen LogP contribution in [0.4, 0.5) is 0 Å². The summed E-state index contributed by atoms with van der Waals surface area (Å²) in [6.07, 6.45) is 0.551. The van der Waals surface area contributed by atoms with Crippen molar-refractivity contribution in [2.45, 2.75) is 6.42 Å². The van der Waals surface area contributed by atoms with Crippen molar-refractivity contribution in [2.24, 2.45) is 5.92 Å². The molecule has 1 saturated heterocycles. The lowest BCUT2D eigenvalue weighted by atomic mass is 10.1. The lowest BCUT2D eigenvalue weighted by molar-refractivity contribution is 0.172. The molecule has 0 aromatic heterocycles. The number of rotatable bonds is 1. The van der Waals surface area contributed by atoms with Crippen molar-refractivity contribution in [3.63, 3.8) is 0 Å². The van der Waals surface area contributed by atoms with E-state index in [0.29, 0.717) is 18.7 Å². The van der Waals surface area contributed by atoms with Crippen molar-refractivity contribution < 1.29 is 15.3 Å². The minimum atomic E-state index is -0.622. The molecule has 0 amide bonds. The fraction of sp³-hybridized carbons (Fsp3) is 0.714. The molecule has 1 atom stereocenters. The van der Waals surface area contributed by atoms with E-state index in [-0.39, 0.29) is 12.5 Å². The summed E-state index contributed by atoms with van der Waals surface area (Å²) in [5.41, 5.74) is 0.518. The molecule has 0 aromatic carbocycles. The van der Waals surface area contributed by atoms with Gasteiger partial charge in [0.05, 0.1) is 5.70 Å². The second kappa shape index (κ2) is 3.00. The molecule has 3 N–H and O–H groups in total. The normalized spacial score (nSPS) is 24.4. The molecule has 0 radical (unpaired) electrons. The number of allylic oxidation sites excluding steroid dienone is 1. The molecule has 4 nitrogen and oxygen atoms in total. The fourth-order valence-corrected chi connectivity index (χ4v) is 1.38. The van der Waals surface area contributed by atoms with Gasteiger partial charge in [-0.15, -0.1) is 0 Å². The Hall–Kier alpha value is -0.900. The zero-order valence-corrected chi connectivity index (χ0v) is 6.49. The highest BCUT2D eigenvalue weighted by Crippen LogP contribution is 2.25. The predicted octanol–water partition coefficient (Wildman–Crippen LogP) is 0.215. The summed E-state index contributed by atoms with van der Waals surface area (Å²) in [6.45, 7) is 0.789. The number of aliphatic hydroxyl groups is 3. The minimum absolute atomic E-state index is 0.0983. The van der Waals surface area contributed by atoms with Crippen LogP contribution < -0.4 is 0 Å². The molecule has 0 unspecified atom stereocenters. The van der Waals surface area contributed by atoms with E-state index in [2.05, 4.69) is 0 Å². The Balaban J connectivity index is 2.66. The van der Waals surface area contributed by atoms with Crippen LogP contribution in [-0.4, -0.2) is 40.4 Å². The van der Waals surface area contributed by atoms with Gasteiger partial charge < -0.3 is 20.2 Å². The highest BCUT2D eigenvalue weighted by Gasteiger charge is 2.26. The van der Waals surface area contributed by atoms with Gasteiger partial charge in [-0.05, 0) is 0 Å². The first-order chi connectivity index (χ1) is 5.15. The summed E-state index contributed by atoms with van der Waals surface area (Å²) in [6, 6.07) is 0. The molecular weight excluding hydrogens is 146 g/mol. The zero-order chi connectivity index (χ0) is 8.43. The van der Waals surface area contributed by atoms with E-state index >= 15 is 0 Å². The van der Waals surface area contributed by atoms with Crippen LogP contribution in [-0.2, 0) is 0 Å². The van der Waals surface area contributed by atoms with E-state index in [1.54, 1.807) is 11.9 Å². The van der Waals surface area contributed by atoms with Crippen LogP contribution in [0.3, 0.4) is 0 Å². The third-order valence-corrected chi connectivity index (χ3v) is 1.99. The van der Waals surface area contributed by atoms with Gasteiger partial charge in [-0.2, -0.15) is 0 Å². The van der Waals surface area contributed by atoms with Gasteiger partial charge in [-0.25, -0.2) is 0 Å². The molecule has 1 aliphatic rings. The number of likely N-dealkylation sites (tertiary alicyclic amines) is 1. The number of hydrogen-bond acceptors (Lipinski definition) is 4. The molecular formula is C7H13NO3. The van der Waals surface area contributed by atoms with E-state index in [1.807, 2.05) is 0 Å². The van der Waals surface area contributed by atoms with Crippen molar-refractivity contribution in [3.05, 3.63) is 11.6 Å². The topological polar surface area (TPSA) is 63.9 Å². The first-order valence-electron chi connectivity index (χ1n) is 3.58. The van der Waals surface area contributed by atoms with Crippen molar-refractivity contribution in [2.75, 3.05) is 20.2 Å². The number of nitrogens with zero attached hydrogens (tertiary/aromatic N) is 1. The van der Waals surface area contributed by atoms with Gasteiger partial charge in [0.2, 0.25) is 0 Å². The van der Waals surface area contributed by atoms with Crippen LogP contribution in [0.5, 0.6) is 0 Å². The van der Waals surface area contributed by atoms with Gasteiger partial charge in [0, 0.05) is 32.5 Å². The predicted molar refractivity (Wildman–Crippen MR) is 40.1 cm³/mol. The molecule has 4 heteroatoms. The minimum Gasteiger partial charge on any atom is -0.480 e. The molecule has 0 aliphatic carbocycles. The first-order valence-corrected chi connectivity index (χ1v) is 3.58. The molecule has 0 aromatic rings. The van der Waals surface area contributed by atoms with Crippen LogP contribution in [0.1, 0.15) is 6.42 Å². The van der Waals surface area contributed by atoms with E-state index in [1.165, 1.54) is 0 Å². The van der Waals surface area contributed by atoms with E-state index < -0.39 is 5.95 Å². The Morgan fingerprint density at radius 3 is 2.55 bits per heavy atom. The van der Waals surface area contributed by atoms with Gasteiger partial charge >= 0.3 is 0 Å². The second-order valence-electron chi connectivity index (χ2n) is 2.90. The molecule has 64 valence electrons. The summed E-state index contributed by atoms with van der Waals surface area (Å²) in [5, 5.41) is 26.3. The van der Waals surface area contributed by atoms with Crippen LogP contribution in [0.2, 0.25) is 0 Å². The zero-order valence-electron chi connectivity index (χ0n) is 6.49. The van der Waals surface area contributed by atoms with E-state index in [0.717, 1.165) is 0 Å². The second-order valence-corrected chi connectivity index (χ2v) is 2.90. The molecule has 0 saturated carbocycles. The smallest absolute Gasteiger partial charge is 0.294 e. The van der Waals surface area contributed by atoms with Crippen LogP contribution >= 0.6 is 0 Å². The Morgan fingerprint density at radius 1 is 1.64 bits per heavy atom. The summed E-state index contributed by atoms with van der Waals surface area (Å²) >= 11 is 0. The van der Waals surface area contributed by atoms with Gasteiger partial charge in [-0.1, -0.05) is 0 Å². The average molecular weight is 159 g/mol. The van der Waals surface area contributed by atoms with E-state index in [4.69, 9.17) is 15.3 Å². The molecule has 1 aliphatic heterocycles. The summed E-state index contributed by atoms with van der Waals surface area (Å²) in [4.78, 5) is 1.75. The van der Waals surface area contributed by atoms with Crippen LogP contribution in [0.15, 0.2) is 11.6 Å². The van der Waals surface area contributed by atoms with Gasteiger partial charge in [-0.3, -0.25) is 0 Å². The lowest BCUT2D eigenvalue weighted by Gasteiger charge is -2.11. The highest BCUT2D eigenvalue weighted by atomic mass is 16.5. The number of hydrogen-bond donors (Lipinski definition) is 3. The van der Waals surface area contributed by atoms with E-state index in [9.17, 15) is 0 Å². The summed E-state index contributed by atoms with van der Waals surface area (Å²) < 4.78 is 0. The van der Waals surface area contributed by atoms with Crippen molar-refractivity contribution in [1.82, 2.24) is 4.90 Å². The average Bonchev–Trinajstić information content (AvgIpc) is 2.30.